The Hall–Kier alpha value is -8.22. The van der Waals surface area contributed by atoms with Crippen molar-refractivity contribution in [2.45, 2.75) is 146 Å². The Labute approximate surface area is 477 Å². The predicted molar refractivity (Wildman–Crippen MR) is 352 cm³/mol. The monoisotopic (exact) mass is 1070 g/mol. The maximum atomic E-state index is 16.2. The minimum Gasteiger partial charge on any atom is -0.354 e. The Morgan fingerprint density at radius 2 is 0.695 bits per heavy atom. The average Bonchev–Trinajstić information content (AvgIpc) is 1.65. The number of fused-ring (bicyclic) bond motifs is 6. The molecule has 15 aromatic rings. The van der Waals surface area contributed by atoms with E-state index in [2.05, 4.69) is 220 Å². The molecule has 8 bridgehead atoms. The molecule has 2 N–H and O–H groups in total. The topological polar surface area (TPSA) is 91.5 Å². The molecule has 0 aliphatic rings. The number of aromatic nitrogens is 4. The summed E-state index contributed by atoms with van der Waals surface area (Å²) in [4.78, 5) is 52.6. The zero-order valence-electron chi connectivity index (χ0n) is 50.8. The first kappa shape index (κ1) is 50.7. The molecule has 0 amide bonds. The number of nitrogens with zero attached hydrogens (tertiary/aromatic N) is 2. The first-order valence-electron chi connectivity index (χ1n) is 29.4. The molecule has 82 heavy (non-hydrogen) atoms. The Morgan fingerprint density at radius 3 is 1.05 bits per heavy atom. The van der Waals surface area contributed by atoms with Gasteiger partial charge in [0.1, 0.15) is 0 Å². The van der Waals surface area contributed by atoms with Crippen LogP contribution in [0.1, 0.15) is 139 Å². The fraction of sp³-hybridized carbons (Fsp3) is 0.289. The highest BCUT2D eigenvalue weighted by Crippen LogP contribution is 2.53. The molecule has 0 radical (unpaired) electrons. The normalized spacial score (nSPS) is 13.6. The number of aryl methyl sites for hydroxylation is 6. The van der Waals surface area contributed by atoms with Crippen molar-refractivity contribution in [2.24, 2.45) is 0 Å². The Kier molecular flexibility index (Phi) is 9.81. The van der Waals surface area contributed by atoms with Crippen LogP contribution in [0.2, 0.25) is 0 Å². The summed E-state index contributed by atoms with van der Waals surface area (Å²) in [5.74, 6) is 0. The molecule has 0 unspecified atom stereocenters. The van der Waals surface area contributed by atoms with Crippen LogP contribution in [-0.2, 0) is 21.7 Å². The van der Waals surface area contributed by atoms with Crippen LogP contribution in [-0.4, -0.2) is 19.9 Å². The smallest absolute Gasteiger partial charge is 0.195 e. The Balaban J connectivity index is 1.32. The minimum absolute atomic E-state index is 0.0245. The van der Waals surface area contributed by atoms with E-state index in [-0.39, 0.29) is 32.5 Å². The van der Waals surface area contributed by atoms with Gasteiger partial charge in [0, 0.05) is 86.8 Å². The van der Waals surface area contributed by atoms with E-state index in [1.165, 1.54) is 16.7 Å². The summed E-state index contributed by atoms with van der Waals surface area (Å²) >= 11 is 0. The van der Waals surface area contributed by atoms with Crippen molar-refractivity contribution in [1.82, 2.24) is 19.9 Å². The molecule has 5 aromatic heterocycles. The predicted octanol–water partition coefficient (Wildman–Crippen LogP) is 19.8. The fourth-order valence-electron chi connectivity index (χ4n) is 15.3. The van der Waals surface area contributed by atoms with Crippen molar-refractivity contribution >= 4 is 130 Å². The highest BCUT2D eigenvalue weighted by Gasteiger charge is 2.33. The molecular weight excluding hydrogens is 1000 g/mol. The molecule has 6 heteroatoms. The van der Waals surface area contributed by atoms with Crippen LogP contribution in [0.5, 0.6) is 0 Å². The number of benzene rings is 6. The van der Waals surface area contributed by atoms with Gasteiger partial charge in [-0.2, -0.15) is 0 Å². The van der Waals surface area contributed by atoms with Crippen molar-refractivity contribution in [3.05, 3.63) is 161 Å². The third kappa shape index (κ3) is 6.69. The van der Waals surface area contributed by atoms with Gasteiger partial charge in [-0.05, 0) is 189 Å². The SMILES string of the molecule is Cc1cc(C)c(-c2c3cc4c(n3)c3c5[nH]c(cc5c(=O)c5cc(C(C)(C)C)cc6cc(C(C)(C)C)c4c3c65)c(-c3c(C)cc(C)cc3C)c3cc4c(=O)c5cc(C(C)(C)C)cc6cc(C(C)(C)C)c7c8cc2nc8c(c4[nH]3)c7c65)c(C)c1. The van der Waals surface area contributed by atoms with Gasteiger partial charge < -0.3 is 9.97 Å². The zero-order chi connectivity index (χ0) is 57.8. The number of hydrogen-bond acceptors (Lipinski definition) is 4. The second kappa shape index (κ2) is 15.9. The van der Waals surface area contributed by atoms with Crippen molar-refractivity contribution in [3.63, 3.8) is 0 Å². The molecule has 6 nitrogen and oxygen atoms in total. The summed E-state index contributed by atoms with van der Waals surface area (Å²) in [7, 11) is 0. The van der Waals surface area contributed by atoms with Gasteiger partial charge in [0.2, 0.25) is 0 Å². The number of rotatable bonds is 2. The second-order valence-electron chi connectivity index (χ2n) is 29.0. The first-order valence-corrected chi connectivity index (χ1v) is 29.4. The number of nitrogens with one attached hydrogen (secondary N) is 2. The first-order chi connectivity index (χ1) is 38.5. The molecular formula is C76H70N4O2. The van der Waals surface area contributed by atoms with Crippen molar-refractivity contribution in [1.29, 1.82) is 0 Å². The van der Waals surface area contributed by atoms with E-state index in [1.54, 1.807) is 0 Å². The molecule has 0 aliphatic heterocycles. The van der Waals surface area contributed by atoms with Crippen molar-refractivity contribution in [2.75, 3.05) is 0 Å². The third-order valence-corrected chi connectivity index (χ3v) is 18.9. The molecule has 0 spiro atoms. The quantitative estimate of drug-likeness (QED) is 0.180. The van der Waals surface area contributed by atoms with Crippen LogP contribution in [0.3, 0.4) is 0 Å². The summed E-state index contributed by atoms with van der Waals surface area (Å²) in [6, 6.07) is 31.7. The molecule has 10 aromatic carbocycles. The van der Waals surface area contributed by atoms with E-state index in [0.29, 0.717) is 21.5 Å². The van der Waals surface area contributed by atoms with E-state index >= 15 is 9.59 Å². The molecule has 0 fully saturated rings. The lowest BCUT2D eigenvalue weighted by molar-refractivity contribution is 0.591. The number of H-pyrrole nitrogens is 2. The van der Waals surface area contributed by atoms with Gasteiger partial charge in [-0.25, -0.2) is 9.97 Å². The van der Waals surface area contributed by atoms with Gasteiger partial charge in [-0.15, -0.1) is 0 Å². The molecule has 5 heterocycles. The summed E-state index contributed by atoms with van der Waals surface area (Å²) in [5, 5.41) is 15.1. The van der Waals surface area contributed by atoms with Crippen LogP contribution in [0, 0.1) is 41.5 Å². The van der Waals surface area contributed by atoms with E-state index in [4.69, 9.17) is 9.97 Å². The van der Waals surface area contributed by atoms with Crippen LogP contribution < -0.4 is 10.9 Å². The lowest BCUT2D eigenvalue weighted by Gasteiger charge is -2.24. The van der Waals surface area contributed by atoms with Gasteiger partial charge in [0.05, 0.1) is 33.1 Å². The van der Waals surface area contributed by atoms with Crippen LogP contribution in [0.25, 0.3) is 153 Å². The highest BCUT2D eigenvalue weighted by molar-refractivity contribution is 6.42. The highest BCUT2D eigenvalue weighted by atomic mass is 16.1. The molecule has 15 rings (SSSR count). The van der Waals surface area contributed by atoms with Gasteiger partial charge in [-0.3, -0.25) is 9.59 Å². The maximum Gasteiger partial charge on any atom is 0.195 e. The molecule has 0 aliphatic carbocycles. The molecule has 0 saturated carbocycles. The van der Waals surface area contributed by atoms with Crippen molar-refractivity contribution in [3.8, 4) is 22.3 Å². The summed E-state index contributed by atoms with van der Waals surface area (Å²) in [6.45, 7) is 40.4. The molecule has 0 atom stereocenters. The largest absolute Gasteiger partial charge is 0.354 e. The lowest BCUT2D eigenvalue weighted by atomic mass is 9.80. The maximum absolute atomic E-state index is 16.2. The molecule has 0 saturated heterocycles. The number of hydrogen-bond donors (Lipinski definition) is 2. The van der Waals surface area contributed by atoms with Gasteiger partial charge in [0.15, 0.2) is 10.9 Å². The molecule has 406 valence electrons. The standard InChI is InChI=1S/C76H70N4O2/c1-33-19-35(3)55(36(4)20-33)61-51-29-43-59-49(75(13,14)15)25-39-23-41(73(7,8)9)27-45-57(39)63(59)65(67(43)77-51)69-47(71(45)81)31-53(79-69)62(56-37(5)21-34(2)22-38(56)6)54-32-48-70(80-54)66-64-58-40(24-42(74(10,11)12)28-46(58)72(48)82)26-50(76(16,17)18)60(64)44-30-52(61)78-68(44)66/h19-32,79-80H,1-18H3. The summed E-state index contributed by atoms with van der Waals surface area (Å²) < 4.78 is 0. The zero-order valence-corrected chi connectivity index (χ0v) is 50.8. The van der Waals surface area contributed by atoms with Crippen molar-refractivity contribution < 1.29 is 0 Å². The number of aromatic amines is 2. The summed E-state index contributed by atoms with van der Waals surface area (Å²) in [6.07, 6.45) is 0. The lowest BCUT2D eigenvalue weighted by Crippen LogP contribution is -2.13. The van der Waals surface area contributed by atoms with E-state index in [9.17, 15) is 0 Å². The third-order valence-electron chi connectivity index (χ3n) is 18.9. The Morgan fingerprint density at radius 1 is 0.329 bits per heavy atom. The van der Waals surface area contributed by atoms with E-state index < -0.39 is 0 Å². The van der Waals surface area contributed by atoms with Crippen LogP contribution in [0.4, 0.5) is 0 Å². The van der Waals surface area contributed by atoms with Gasteiger partial charge in [0.25, 0.3) is 0 Å². The van der Waals surface area contributed by atoms with Gasteiger partial charge in [-0.1, -0.05) is 131 Å². The van der Waals surface area contributed by atoms with Gasteiger partial charge >= 0.3 is 0 Å². The van der Waals surface area contributed by atoms with Crippen LogP contribution in [0.15, 0.2) is 94.5 Å². The van der Waals surface area contributed by atoms with Crippen LogP contribution >= 0.6 is 0 Å². The second-order valence-corrected chi connectivity index (χ2v) is 29.0. The Bertz CT molecular complexity index is 5190. The minimum atomic E-state index is -0.292. The summed E-state index contributed by atoms with van der Waals surface area (Å²) in [5.41, 5.74) is 20.9. The average molecular weight is 1070 g/mol. The van der Waals surface area contributed by atoms with E-state index in [1.807, 2.05) is 0 Å². The fourth-order valence-corrected chi connectivity index (χ4v) is 15.3. The van der Waals surface area contributed by atoms with E-state index in [0.717, 1.165) is 170 Å².